The predicted octanol–water partition coefficient (Wildman–Crippen LogP) is 5.93. The number of halogens is 2. The van der Waals surface area contributed by atoms with Gasteiger partial charge in [-0.3, -0.25) is 9.59 Å². The van der Waals surface area contributed by atoms with Crippen molar-refractivity contribution in [2.75, 3.05) is 6.61 Å². The molecule has 0 saturated carbocycles. The number of nitrogens with zero attached hydrogens (tertiary/aromatic N) is 1. The molecule has 0 aromatic heterocycles. The van der Waals surface area contributed by atoms with Crippen molar-refractivity contribution in [3.8, 4) is 5.75 Å². The van der Waals surface area contributed by atoms with E-state index >= 15 is 0 Å². The Bertz CT molecular complexity index is 1090. The minimum atomic E-state index is -0.786. The highest BCUT2D eigenvalue weighted by Gasteiger charge is 2.32. The molecule has 0 spiro atoms. The Hall–Kier alpha value is -3.02. The van der Waals surface area contributed by atoms with Gasteiger partial charge in [-0.1, -0.05) is 84.7 Å². The number of carbonyl (C=O) groups is 2. The summed E-state index contributed by atoms with van der Waals surface area (Å²) < 4.78 is 5.74. The van der Waals surface area contributed by atoms with Crippen molar-refractivity contribution in [3.63, 3.8) is 0 Å². The molecule has 184 valence electrons. The van der Waals surface area contributed by atoms with Gasteiger partial charge >= 0.3 is 0 Å². The first-order valence-electron chi connectivity index (χ1n) is 11.6. The van der Waals surface area contributed by atoms with E-state index in [0.29, 0.717) is 27.8 Å². The number of para-hydroxylation sites is 1. The van der Waals surface area contributed by atoms with Gasteiger partial charge in [0.05, 0.1) is 0 Å². The molecule has 0 radical (unpaired) electrons. The molecule has 0 aliphatic rings. The number of hydrogen-bond acceptors (Lipinski definition) is 3. The zero-order chi connectivity index (χ0) is 25.2. The molecule has 0 aliphatic carbocycles. The Morgan fingerprint density at radius 2 is 1.51 bits per heavy atom. The third-order valence-electron chi connectivity index (χ3n) is 5.77. The van der Waals surface area contributed by atoms with Gasteiger partial charge in [0.25, 0.3) is 5.91 Å². The number of rotatable bonds is 11. The molecule has 7 heteroatoms. The van der Waals surface area contributed by atoms with Crippen molar-refractivity contribution in [1.82, 2.24) is 10.2 Å². The van der Waals surface area contributed by atoms with Gasteiger partial charge in [-0.15, -0.1) is 0 Å². The maximum absolute atomic E-state index is 13.6. The highest BCUT2D eigenvalue weighted by Crippen LogP contribution is 2.27. The van der Waals surface area contributed by atoms with E-state index in [9.17, 15) is 9.59 Å². The monoisotopic (exact) mass is 512 g/mol. The van der Waals surface area contributed by atoms with Crippen molar-refractivity contribution >= 4 is 35.0 Å². The molecule has 0 heterocycles. The van der Waals surface area contributed by atoms with Gasteiger partial charge < -0.3 is 15.0 Å². The Balaban J connectivity index is 1.96. The minimum Gasteiger partial charge on any atom is -0.484 e. The molecule has 3 aromatic rings. The summed E-state index contributed by atoms with van der Waals surface area (Å²) in [4.78, 5) is 28.6. The quantitative estimate of drug-likeness (QED) is 0.346. The third kappa shape index (κ3) is 7.74. The minimum absolute atomic E-state index is 0.0396. The second-order valence-corrected chi connectivity index (χ2v) is 9.16. The summed E-state index contributed by atoms with van der Waals surface area (Å²) in [6.45, 7) is 3.78. The lowest BCUT2D eigenvalue weighted by atomic mass is 10.0. The van der Waals surface area contributed by atoms with Crippen molar-refractivity contribution in [2.24, 2.45) is 0 Å². The van der Waals surface area contributed by atoms with Crippen LogP contribution in [0.2, 0.25) is 10.0 Å². The first-order chi connectivity index (χ1) is 16.9. The fraction of sp³-hybridized carbons (Fsp3) is 0.286. The molecule has 3 aromatic carbocycles. The van der Waals surface area contributed by atoms with Crippen LogP contribution in [0.25, 0.3) is 0 Å². The predicted molar refractivity (Wildman–Crippen MR) is 141 cm³/mol. The summed E-state index contributed by atoms with van der Waals surface area (Å²) in [5.41, 5.74) is 1.52. The van der Waals surface area contributed by atoms with Gasteiger partial charge in [-0.25, -0.2) is 0 Å². The van der Waals surface area contributed by atoms with E-state index in [1.165, 1.54) is 4.90 Å². The van der Waals surface area contributed by atoms with Crippen molar-refractivity contribution in [2.45, 2.75) is 45.3 Å². The Labute approximate surface area is 217 Å². The molecule has 0 unspecified atom stereocenters. The lowest BCUT2D eigenvalue weighted by Gasteiger charge is -2.32. The van der Waals surface area contributed by atoms with Crippen molar-refractivity contribution in [1.29, 1.82) is 0 Å². The Morgan fingerprint density at radius 1 is 0.914 bits per heavy atom. The summed E-state index contributed by atoms with van der Waals surface area (Å²) in [5, 5.41) is 3.90. The standard InChI is InChI=1S/C28H30Cl2N2O3/c1-3-20(2)31-28(34)26(17-21-11-6-4-7-12-21)32(18-23-24(29)15-10-16-25(23)30)27(33)19-35-22-13-8-5-9-14-22/h4-16,20,26H,3,17-19H2,1-2H3,(H,31,34)/t20-,26+/m1/s1. The average Bonchev–Trinajstić information content (AvgIpc) is 2.87. The average molecular weight is 513 g/mol. The van der Waals surface area contributed by atoms with E-state index in [4.69, 9.17) is 27.9 Å². The van der Waals surface area contributed by atoms with Gasteiger partial charge in [-0.2, -0.15) is 0 Å². The molecule has 0 bridgehead atoms. The van der Waals surface area contributed by atoms with Crippen LogP contribution in [0.4, 0.5) is 0 Å². The fourth-order valence-corrected chi connectivity index (χ4v) is 4.11. The van der Waals surface area contributed by atoms with E-state index in [-0.39, 0.29) is 31.0 Å². The summed E-state index contributed by atoms with van der Waals surface area (Å²) in [5.74, 6) is -0.00949. The molecule has 0 fully saturated rings. The van der Waals surface area contributed by atoms with Crippen LogP contribution < -0.4 is 10.1 Å². The van der Waals surface area contributed by atoms with Crippen molar-refractivity contribution in [3.05, 3.63) is 100 Å². The highest BCUT2D eigenvalue weighted by atomic mass is 35.5. The first-order valence-corrected chi connectivity index (χ1v) is 12.4. The van der Waals surface area contributed by atoms with Crippen LogP contribution in [0, 0.1) is 0 Å². The van der Waals surface area contributed by atoms with Crippen LogP contribution in [0.3, 0.4) is 0 Å². The van der Waals surface area contributed by atoms with E-state index in [1.54, 1.807) is 30.3 Å². The Morgan fingerprint density at radius 3 is 2.11 bits per heavy atom. The number of nitrogens with one attached hydrogen (secondary N) is 1. The number of amides is 2. The van der Waals surface area contributed by atoms with Crippen LogP contribution in [0.5, 0.6) is 5.75 Å². The van der Waals surface area contributed by atoms with E-state index in [1.807, 2.05) is 62.4 Å². The van der Waals surface area contributed by atoms with Crippen LogP contribution in [0.1, 0.15) is 31.4 Å². The molecule has 1 N–H and O–H groups in total. The summed E-state index contributed by atoms with van der Waals surface area (Å²) in [6, 6.07) is 23.1. The summed E-state index contributed by atoms with van der Waals surface area (Å²) in [6.07, 6.45) is 1.10. The molecule has 3 rings (SSSR count). The van der Waals surface area contributed by atoms with Crippen LogP contribution >= 0.6 is 23.2 Å². The van der Waals surface area contributed by atoms with Crippen LogP contribution in [-0.4, -0.2) is 35.4 Å². The lowest BCUT2D eigenvalue weighted by molar-refractivity contribution is -0.143. The number of benzene rings is 3. The molecule has 5 nitrogen and oxygen atoms in total. The van der Waals surface area contributed by atoms with E-state index in [2.05, 4.69) is 5.32 Å². The zero-order valence-corrected chi connectivity index (χ0v) is 21.4. The number of carbonyl (C=O) groups excluding carboxylic acids is 2. The lowest BCUT2D eigenvalue weighted by Crippen LogP contribution is -2.53. The van der Waals surface area contributed by atoms with Gasteiger partial charge in [0.1, 0.15) is 11.8 Å². The van der Waals surface area contributed by atoms with Gasteiger partial charge in [-0.05, 0) is 43.2 Å². The highest BCUT2D eigenvalue weighted by molar-refractivity contribution is 6.36. The van der Waals surface area contributed by atoms with E-state index in [0.717, 1.165) is 12.0 Å². The second kappa shape index (κ2) is 13.2. The second-order valence-electron chi connectivity index (χ2n) is 8.35. The smallest absolute Gasteiger partial charge is 0.261 e. The first kappa shape index (κ1) is 26.6. The third-order valence-corrected chi connectivity index (χ3v) is 6.48. The van der Waals surface area contributed by atoms with Crippen LogP contribution in [-0.2, 0) is 22.6 Å². The maximum atomic E-state index is 13.6. The van der Waals surface area contributed by atoms with E-state index < -0.39 is 6.04 Å². The van der Waals surface area contributed by atoms with Crippen LogP contribution in [0.15, 0.2) is 78.9 Å². The Kier molecular flexibility index (Phi) is 10.0. The summed E-state index contributed by atoms with van der Waals surface area (Å²) >= 11 is 12.9. The number of ether oxygens (including phenoxy) is 1. The molecule has 0 aliphatic heterocycles. The molecule has 2 amide bonds. The SMILES string of the molecule is CC[C@@H](C)NC(=O)[C@H](Cc1ccccc1)N(Cc1c(Cl)cccc1Cl)C(=O)COc1ccccc1. The normalized spacial score (nSPS) is 12.5. The number of hydrogen-bond donors (Lipinski definition) is 1. The molecular formula is C28H30Cl2N2O3. The molecular weight excluding hydrogens is 483 g/mol. The molecule has 0 saturated heterocycles. The zero-order valence-electron chi connectivity index (χ0n) is 19.9. The molecule has 35 heavy (non-hydrogen) atoms. The fourth-order valence-electron chi connectivity index (χ4n) is 3.59. The van der Waals surface area contributed by atoms with Crippen molar-refractivity contribution < 1.29 is 14.3 Å². The molecule has 2 atom stereocenters. The van der Waals surface area contributed by atoms with Gasteiger partial charge in [0.2, 0.25) is 5.91 Å². The van der Waals surface area contributed by atoms with Gasteiger partial charge in [0, 0.05) is 34.6 Å². The topological polar surface area (TPSA) is 58.6 Å². The largest absolute Gasteiger partial charge is 0.484 e. The summed E-state index contributed by atoms with van der Waals surface area (Å²) in [7, 11) is 0. The van der Waals surface area contributed by atoms with Gasteiger partial charge in [0.15, 0.2) is 6.61 Å². The maximum Gasteiger partial charge on any atom is 0.261 e.